The molecule has 0 aromatic heterocycles. The van der Waals surface area contributed by atoms with E-state index in [-0.39, 0.29) is 18.4 Å². The topological polar surface area (TPSA) is 116 Å². The van der Waals surface area contributed by atoms with Gasteiger partial charge in [-0.3, -0.25) is 10.2 Å². The summed E-state index contributed by atoms with van der Waals surface area (Å²) in [4.78, 5) is 11.8. The minimum Gasteiger partial charge on any atom is -0.480 e. The van der Waals surface area contributed by atoms with E-state index in [9.17, 15) is 4.79 Å². The van der Waals surface area contributed by atoms with Crippen molar-refractivity contribution in [3.63, 3.8) is 0 Å². The third kappa shape index (κ3) is 6.50. The largest absolute Gasteiger partial charge is 0.480 e. The van der Waals surface area contributed by atoms with E-state index in [0.29, 0.717) is 19.4 Å². The second kappa shape index (κ2) is 7.40. The molecular formula is C7H17ClN4O2. The molecule has 0 fully saturated rings. The summed E-state index contributed by atoms with van der Waals surface area (Å²) in [6.45, 7) is 0.552. The monoisotopic (exact) mass is 224 g/mol. The Morgan fingerprint density at radius 3 is 2.50 bits per heavy atom. The summed E-state index contributed by atoms with van der Waals surface area (Å²) >= 11 is 0. The number of hydrogen-bond donors (Lipinski definition) is 4. The average Bonchev–Trinajstić information content (AvgIpc) is 2.03. The first-order valence-electron chi connectivity index (χ1n) is 3.98. The van der Waals surface area contributed by atoms with Gasteiger partial charge in [-0.15, -0.1) is 12.4 Å². The predicted molar refractivity (Wildman–Crippen MR) is 56.6 cm³/mol. The maximum Gasteiger partial charge on any atom is 0.320 e. The van der Waals surface area contributed by atoms with Crippen LogP contribution in [0, 0.1) is 5.41 Å². The van der Waals surface area contributed by atoms with E-state index in [1.807, 2.05) is 0 Å². The quantitative estimate of drug-likeness (QED) is 0.369. The van der Waals surface area contributed by atoms with Gasteiger partial charge in [0.1, 0.15) is 6.04 Å². The highest BCUT2D eigenvalue weighted by molar-refractivity contribution is 5.85. The molecule has 84 valence electrons. The molecule has 0 bridgehead atoms. The van der Waals surface area contributed by atoms with Crippen molar-refractivity contribution in [2.75, 3.05) is 13.6 Å². The van der Waals surface area contributed by atoms with E-state index in [1.54, 1.807) is 7.05 Å². The minimum absolute atomic E-state index is 0. The van der Waals surface area contributed by atoms with Gasteiger partial charge in [0.25, 0.3) is 0 Å². The third-order valence-electron chi connectivity index (χ3n) is 1.74. The van der Waals surface area contributed by atoms with Crippen molar-refractivity contribution in [1.82, 2.24) is 4.90 Å². The molecule has 0 aliphatic heterocycles. The molecule has 6 nitrogen and oxygen atoms in total. The number of guanidine groups is 1. The second-order valence-corrected chi connectivity index (χ2v) is 2.89. The Kier molecular flexibility index (Phi) is 8.17. The maximum absolute atomic E-state index is 10.3. The molecule has 0 aromatic rings. The van der Waals surface area contributed by atoms with E-state index >= 15 is 0 Å². The molecule has 0 aliphatic rings. The lowest BCUT2D eigenvalue weighted by Crippen LogP contribution is -2.35. The van der Waals surface area contributed by atoms with Crippen LogP contribution < -0.4 is 11.5 Å². The summed E-state index contributed by atoms with van der Waals surface area (Å²) < 4.78 is 0. The highest BCUT2D eigenvalue weighted by Gasteiger charge is 2.10. The number of halogens is 1. The van der Waals surface area contributed by atoms with Crippen LogP contribution in [0.1, 0.15) is 12.8 Å². The fourth-order valence-electron chi connectivity index (χ4n) is 0.792. The lowest BCUT2D eigenvalue weighted by atomic mass is 10.1. The normalized spacial score (nSPS) is 11.3. The Morgan fingerprint density at radius 2 is 2.14 bits per heavy atom. The van der Waals surface area contributed by atoms with Gasteiger partial charge in [-0.25, -0.2) is 0 Å². The number of nitrogens with zero attached hydrogens (tertiary/aromatic N) is 1. The summed E-state index contributed by atoms with van der Waals surface area (Å²) in [5.41, 5.74) is 10.5. The number of nitrogens with two attached hydrogens (primary N) is 2. The van der Waals surface area contributed by atoms with Crippen molar-refractivity contribution in [2.24, 2.45) is 11.5 Å². The van der Waals surface area contributed by atoms with Crippen LogP contribution in [0.25, 0.3) is 0 Å². The summed E-state index contributed by atoms with van der Waals surface area (Å²) in [5.74, 6) is -1.02. The average molecular weight is 225 g/mol. The Labute approximate surface area is 89.2 Å². The molecule has 6 N–H and O–H groups in total. The lowest BCUT2D eigenvalue weighted by Gasteiger charge is -2.16. The second-order valence-electron chi connectivity index (χ2n) is 2.89. The van der Waals surface area contributed by atoms with Crippen molar-refractivity contribution in [3.05, 3.63) is 0 Å². The molecule has 0 saturated heterocycles. The molecule has 0 amide bonds. The Balaban J connectivity index is 0. The van der Waals surface area contributed by atoms with Crippen LogP contribution in [-0.2, 0) is 4.79 Å². The number of carbonyl (C=O) groups is 1. The van der Waals surface area contributed by atoms with Crippen LogP contribution in [0.15, 0.2) is 0 Å². The maximum atomic E-state index is 10.3. The minimum atomic E-state index is -0.995. The Morgan fingerprint density at radius 1 is 1.64 bits per heavy atom. The van der Waals surface area contributed by atoms with Gasteiger partial charge in [0, 0.05) is 13.6 Å². The molecular weight excluding hydrogens is 208 g/mol. The molecule has 0 unspecified atom stereocenters. The van der Waals surface area contributed by atoms with Crippen LogP contribution >= 0.6 is 12.4 Å². The van der Waals surface area contributed by atoms with E-state index in [1.165, 1.54) is 4.90 Å². The van der Waals surface area contributed by atoms with Gasteiger partial charge in [0.05, 0.1) is 0 Å². The number of aliphatic carboxylic acids is 1. The lowest BCUT2D eigenvalue weighted by molar-refractivity contribution is -0.138. The standard InChI is InChI=1S/C7H16N4O2.ClH/c1-11(7(9)10)4-2-3-5(8)6(12)13;/h5H,2-4,8H2,1H3,(H3,9,10)(H,12,13);1H/t5-;/m0./s1. The number of rotatable bonds is 5. The number of nitrogens with one attached hydrogen (secondary N) is 1. The molecule has 0 radical (unpaired) electrons. The fourth-order valence-corrected chi connectivity index (χ4v) is 0.792. The van der Waals surface area contributed by atoms with Gasteiger partial charge in [-0.2, -0.15) is 0 Å². The van der Waals surface area contributed by atoms with Crippen LogP contribution in [-0.4, -0.2) is 41.6 Å². The summed E-state index contributed by atoms with van der Waals surface area (Å²) in [7, 11) is 1.68. The van der Waals surface area contributed by atoms with Gasteiger partial charge >= 0.3 is 5.97 Å². The molecule has 1 atom stereocenters. The summed E-state index contributed by atoms with van der Waals surface area (Å²) in [6.07, 6.45) is 1.01. The van der Waals surface area contributed by atoms with Crippen molar-refractivity contribution >= 4 is 24.3 Å². The summed E-state index contributed by atoms with van der Waals surface area (Å²) in [6, 6.07) is -0.819. The molecule has 14 heavy (non-hydrogen) atoms. The first-order valence-corrected chi connectivity index (χ1v) is 3.98. The Bertz CT molecular complexity index is 180. The first-order chi connectivity index (χ1) is 5.95. The molecule has 0 heterocycles. The zero-order chi connectivity index (χ0) is 10.4. The molecule has 7 heteroatoms. The van der Waals surface area contributed by atoms with E-state index in [4.69, 9.17) is 22.0 Å². The number of carboxylic acids is 1. The zero-order valence-corrected chi connectivity index (χ0v) is 8.88. The van der Waals surface area contributed by atoms with Gasteiger partial charge < -0.3 is 21.5 Å². The Hall–Kier alpha value is -1.01. The number of carboxylic acid groups (broad SMARTS) is 1. The van der Waals surface area contributed by atoms with E-state index in [2.05, 4.69) is 0 Å². The van der Waals surface area contributed by atoms with Gasteiger partial charge in [0.2, 0.25) is 0 Å². The van der Waals surface area contributed by atoms with Crippen molar-refractivity contribution < 1.29 is 9.90 Å². The SMILES string of the molecule is CN(CCC[C@H](N)C(=O)O)C(=N)N.Cl. The van der Waals surface area contributed by atoms with Crippen LogP contribution in [0.2, 0.25) is 0 Å². The van der Waals surface area contributed by atoms with Crippen LogP contribution in [0.4, 0.5) is 0 Å². The molecule has 0 saturated carbocycles. The smallest absolute Gasteiger partial charge is 0.320 e. The fraction of sp³-hybridized carbons (Fsp3) is 0.714. The van der Waals surface area contributed by atoms with Crippen LogP contribution in [0.3, 0.4) is 0 Å². The van der Waals surface area contributed by atoms with Gasteiger partial charge in [-0.1, -0.05) is 0 Å². The molecule has 0 rings (SSSR count). The third-order valence-corrected chi connectivity index (χ3v) is 1.74. The van der Waals surface area contributed by atoms with Gasteiger partial charge in [0.15, 0.2) is 5.96 Å². The van der Waals surface area contributed by atoms with Gasteiger partial charge in [-0.05, 0) is 12.8 Å². The molecule has 0 spiro atoms. The summed E-state index contributed by atoms with van der Waals surface area (Å²) in [5, 5.41) is 15.5. The zero-order valence-electron chi connectivity index (χ0n) is 8.06. The van der Waals surface area contributed by atoms with Crippen molar-refractivity contribution in [3.8, 4) is 0 Å². The molecule has 0 aliphatic carbocycles. The van der Waals surface area contributed by atoms with Crippen molar-refractivity contribution in [2.45, 2.75) is 18.9 Å². The molecule has 0 aromatic carbocycles. The van der Waals surface area contributed by atoms with Crippen LogP contribution in [0.5, 0.6) is 0 Å². The van der Waals surface area contributed by atoms with E-state index < -0.39 is 12.0 Å². The predicted octanol–water partition coefficient (Wildman–Crippen LogP) is -0.574. The van der Waals surface area contributed by atoms with E-state index in [0.717, 1.165) is 0 Å². The highest BCUT2D eigenvalue weighted by atomic mass is 35.5. The first kappa shape index (κ1) is 15.5. The van der Waals surface area contributed by atoms with Crippen molar-refractivity contribution in [1.29, 1.82) is 5.41 Å². The highest BCUT2D eigenvalue weighted by Crippen LogP contribution is 1.96. The number of hydrogen-bond acceptors (Lipinski definition) is 3.